The van der Waals surface area contributed by atoms with Crippen LogP contribution in [0.2, 0.25) is 0 Å². The first-order valence-corrected chi connectivity index (χ1v) is 13.4. The van der Waals surface area contributed by atoms with Crippen LogP contribution in [0.4, 0.5) is 0 Å². The summed E-state index contributed by atoms with van der Waals surface area (Å²) in [6.07, 6.45) is 2.76. The van der Waals surface area contributed by atoms with E-state index in [9.17, 15) is 25.2 Å². The Hall–Kier alpha value is -2.55. The molecule has 1 aliphatic carbocycles. The fraction of sp³-hybridized carbons (Fsp3) is 0.633. The zero-order valence-corrected chi connectivity index (χ0v) is 23.7. The molecule has 0 aromatic heterocycles. The summed E-state index contributed by atoms with van der Waals surface area (Å²) in [5, 5.41) is 44.5. The zero-order valence-electron chi connectivity index (χ0n) is 23.7. The monoisotopic (exact) mass is 530 g/mol. The third kappa shape index (κ3) is 4.50. The number of esters is 1. The predicted octanol–water partition coefficient (Wildman–Crippen LogP) is 4.72. The van der Waals surface area contributed by atoms with Gasteiger partial charge in [-0.2, -0.15) is 0 Å². The third-order valence-corrected chi connectivity index (χ3v) is 9.01. The van der Waals surface area contributed by atoms with Gasteiger partial charge in [-0.05, 0) is 70.7 Å². The maximum absolute atomic E-state index is 11.8. The first kappa shape index (κ1) is 28.5. The number of ether oxygens (including phenoxy) is 3. The summed E-state index contributed by atoms with van der Waals surface area (Å²) in [7, 11) is 0. The van der Waals surface area contributed by atoms with E-state index in [0.29, 0.717) is 24.0 Å². The van der Waals surface area contributed by atoms with Crippen molar-refractivity contribution in [2.24, 2.45) is 5.41 Å². The van der Waals surface area contributed by atoms with E-state index in [2.05, 4.69) is 0 Å². The molecule has 0 spiro atoms. The lowest BCUT2D eigenvalue weighted by atomic mass is 9.57. The minimum atomic E-state index is -1.10. The standard InChI is InChI=1S/C30H42O8/c1-9-15(2)26(36-17(4)31)16(3)18-12-20(32)19-13-21-29(7,38-27(19)25(18)34)11-10-23-30(21,8)22(33)14-24(37-23)28(5,6)35/h9,12-13,16,22-24,26,32-35H,10-11,14H2,1-8H3/b15-9+/t16-,22-,23+,24+,26+,29+,30-/m0/s1. The van der Waals surface area contributed by atoms with Crippen LogP contribution in [-0.2, 0) is 14.3 Å². The van der Waals surface area contributed by atoms with Crippen molar-refractivity contribution in [1.29, 1.82) is 0 Å². The van der Waals surface area contributed by atoms with Gasteiger partial charge in [-0.15, -0.1) is 0 Å². The van der Waals surface area contributed by atoms with Gasteiger partial charge in [-0.3, -0.25) is 4.79 Å². The maximum Gasteiger partial charge on any atom is 0.303 e. The molecule has 1 aromatic carbocycles. The number of carbonyl (C=O) groups is 1. The molecule has 1 saturated heterocycles. The van der Waals surface area contributed by atoms with E-state index in [1.165, 1.54) is 13.0 Å². The van der Waals surface area contributed by atoms with E-state index in [1.54, 1.807) is 13.8 Å². The predicted molar refractivity (Wildman–Crippen MR) is 143 cm³/mol. The number of allylic oxidation sites excluding steroid dienone is 1. The summed E-state index contributed by atoms with van der Waals surface area (Å²) in [5.41, 5.74) is -0.428. The third-order valence-electron chi connectivity index (χ3n) is 9.01. The van der Waals surface area contributed by atoms with Crippen molar-refractivity contribution in [3.63, 3.8) is 0 Å². The van der Waals surface area contributed by atoms with E-state index in [1.807, 2.05) is 46.8 Å². The van der Waals surface area contributed by atoms with Gasteiger partial charge in [0, 0.05) is 30.2 Å². The smallest absolute Gasteiger partial charge is 0.303 e. The lowest BCUT2D eigenvalue weighted by molar-refractivity contribution is -0.228. The molecule has 0 bridgehead atoms. The molecule has 210 valence electrons. The van der Waals surface area contributed by atoms with Gasteiger partial charge in [0.25, 0.3) is 0 Å². The Bertz CT molecular complexity index is 1180. The molecule has 0 unspecified atom stereocenters. The topological polar surface area (TPSA) is 126 Å². The summed E-state index contributed by atoms with van der Waals surface area (Å²) in [6.45, 7) is 14.1. The van der Waals surface area contributed by atoms with Gasteiger partial charge in [-0.25, -0.2) is 0 Å². The molecule has 2 fully saturated rings. The van der Waals surface area contributed by atoms with Crippen LogP contribution in [0.25, 0.3) is 6.08 Å². The number of aliphatic hydroxyl groups excluding tert-OH is 1. The number of rotatable bonds is 5. The van der Waals surface area contributed by atoms with Crippen molar-refractivity contribution in [3.8, 4) is 17.2 Å². The van der Waals surface area contributed by atoms with Crippen molar-refractivity contribution in [2.45, 2.75) is 116 Å². The number of hydrogen-bond donors (Lipinski definition) is 4. The van der Waals surface area contributed by atoms with E-state index in [0.717, 1.165) is 11.1 Å². The van der Waals surface area contributed by atoms with Crippen LogP contribution in [0.1, 0.15) is 91.7 Å². The van der Waals surface area contributed by atoms with Crippen LogP contribution >= 0.6 is 0 Å². The van der Waals surface area contributed by atoms with Gasteiger partial charge in [0.1, 0.15) is 17.5 Å². The number of aromatic hydroxyl groups is 2. The maximum atomic E-state index is 11.8. The van der Waals surface area contributed by atoms with Crippen molar-refractivity contribution in [1.82, 2.24) is 0 Å². The molecule has 4 rings (SSSR count). The SMILES string of the molecule is C/C=C(\C)[C@@H](OC(C)=O)[C@@H](C)c1cc(O)c2c(c1O)O[C@]1(C)CC[C@H]3O[C@@H](C(C)(C)O)C[C@H](O)[C@]3(C)C1=C2. The van der Waals surface area contributed by atoms with Crippen molar-refractivity contribution < 1.29 is 39.4 Å². The average Bonchev–Trinajstić information content (AvgIpc) is 2.83. The summed E-state index contributed by atoms with van der Waals surface area (Å²) < 4.78 is 18.4. The lowest BCUT2D eigenvalue weighted by Crippen LogP contribution is -2.63. The molecular weight excluding hydrogens is 488 g/mol. The Labute approximate surface area is 224 Å². The van der Waals surface area contributed by atoms with Gasteiger partial charge in [0.2, 0.25) is 0 Å². The van der Waals surface area contributed by atoms with Crippen LogP contribution in [0.3, 0.4) is 0 Å². The van der Waals surface area contributed by atoms with Gasteiger partial charge >= 0.3 is 5.97 Å². The Balaban J connectivity index is 1.80. The second-order valence-electron chi connectivity index (χ2n) is 12.2. The van der Waals surface area contributed by atoms with Crippen molar-refractivity contribution >= 4 is 12.0 Å². The van der Waals surface area contributed by atoms with Crippen molar-refractivity contribution in [3.05, 3.63) is 34.4 Å². The molecule has 4 N–H and O–H groups in total. The minimum absolute atomic E-state index is 0.0831. The minimum Gasteiger partial charge on any atom is -0.507 e. The van der Waals surface area contributed by atoms with Crippen molar-refractivity contribution in [2.75, 3.05) is 0 Å². The highest BCUT2D eigenvalue weighted by molar-refractivity contribution is 5.76. The Morgan fingerprint density at radius 2 is 1.92 bits per heavy atom. The molecule has 0 radical (unpaired) electrons. The number of hydrogen-bond acceptors (Lipinski definition) is 8. The Morgan fingerprint density at radius 1 is 1.26 bits per heavy atom. The molecule has 2 heterocycles. The molecule has 0 amide bonds. The van der Waals surface area contributed by atoms with Gasteiger partial charge in [0.05, 0.1) is 29.5 Å². The summed E-state index contributed by atoms with van der Waals surface area (Å²) in [4.78, 5) is 11.8. The second kappa shape index (κ2) is 9.57. The zero-order chi connectivity index (χ0) is 28.4. The molecule has 38 heavy (non-hydrogen) atoms. The van der Waals surface area contributed by atoms with Crippen LogP contribution < -0.4 is 4.74 Å². The summed E-state index contributed by atoms with van der Waals surface area (Å²) in [6, 6.07) is 1.49. The van der Waals surface area contributed by atoms with Gasteiger partial charge in [0.15, 0.2) is 11.5 Å². The number of carbonyl (C=O) groups excluding carboxylic acids is 1. The number of phenolic OH excluding ortho intramolecular Hbond substituents is 2. The highest BCUT2D eigenvalue weighted by Crippen LogP contribution is 2.60. The average molecular weight is 531 g/mol. The lowest BCUT2D eigenvalue weighted by Gasteiger charge is -2.58. The number of benzene rings is 1. The van der Waals surface area contributed by atoms with Crippen LogP contribution in [0, 0.1) is 5.41 Å². The fourth-order valence-electron chi connectivity index (χ4n) is 6.48. The number of phenols is 2. The highest BCUT2D eigenvalue weighted by atomic mass is 16.5. The Kier molecular flexibility index (Phi) is 7.17. The van der Waals surface area contributed by atoms with Crippen LogP contribution in [0.15, 0.2) is 23.3 Å². The molecular formula is C30H42O8. The number of fused-ring (bicyclic) bond motifs is 4. The summed E-state index contributed by atoms with van der Waals surface area (Å²) in [5.74, 6) is -0.932. The van der Waals surface area contributed by atoms with Crippen LogP contribution in [0.5, 0.6) is 17.2 Å². The molecule has 2 aliphatic heterocycles. The molecule has 8 nitrogen and oxygen atoms in total. The second-order valence-corrected chi connectivity index (χ2v) is 12.2. The Morgan fingerprint density at radius 3 is 2.50 bits per heavy atom. The van der Waals surface area contributed by atoms with E-state index in [-0.39, 0.29) is 29.8 Å². The quantitative estimate of drug-likeness (QED) is 0.245. The largest absolute Gasteiger partial charge is 0.507 e. The van der Waals surface area contributed by atoms with E-state index < -0.39 is 46.8 Å². The molecule has 8 heteroatoms. The van der Waals surface area contributed by atoms with Gasteiger partial charge in [-0.1, -0.05) is 19.9 Å². The normalized spacial score (nSPS) is 32.6. The number of aliphatic hydroxyl groups is 2. The highest BCUT2D eigenvalue weighted by Gasteiger charge is 2.60. The van der Waals surface area contributed by atoms with Crippen LogP contribution in [-0.4, -0.2) is 62.0 Å². The molecule has 7 atom stereocenters. The summed E-state index contributed by atoms with van der Waals surface area (Å²) >= 11 is 0. The first-order valence-electron chi connectivity index (χ1n) is 13.4. The molecule has 3 aliphatic rings. The van der Waals surface area contributed by atoms with Gasteiger partial charge < -0.3 is 34.6 Å². The van der Waals surface area contributed by atoms with E-state index in [4.69, 9.17) is 14.2 Å². The molecule has 1 aromatic rings. The molecule has 1 saturated carbocycles. The first-order chi connectivity index (χ1) is 17.5. The fourth-order valence-corrected chi connectivity index (χ4v) is 6.48. The van der Waals surface area contributed by atoms with E-state index >= 15 is 0 Å².